The van der Waals surface area contributed by atoms with Gasteiger partial charge >= 0.3 is 5.97 Å². The third-order valence-corrected chi connectivity index (χ3v) is 6.05. The largest absolute Gasteiger partial charge is 0.461 e. The minimum absolute atomic E-state index is 0. The van der Waals surface area contributed by atoms with Gasteiger partial charge in [0.2, 0.25) is 0 Å². The molecule has 0 amide bonds. The van der Waals surface area contributed by atoms with Gasteiger partial charge in [-0.3, -0.25) is 0 Å². The van der Waals surface area contributed by atoms with E-state index in [0.717, 1.165) is 38.6 Å². The Morgan fingerprint density at radius 1 is 1.07 bits per heavy atom. The lowest BCUT2D eigenvalue weighted by molar-refractivity contribution is -0.173. The van der Waals surface area contributed by atoms with E-state index in [-0.39, 0.29) is 24.9 Å². The van der Waals surface area contributed by atoms with Crippen molar-refractivity contribution in [2.24, 2.45) is 5.92 Å². The zero-order valence-corrected chi connectivity index (χ0v) is 16.9. The third kappa shape index (κ3) is 3.89. The number of anilines is 1. The minimum Gasteiger partial charge on any atom is -0.461 e. The van der Waals surface area contributed by atoms with Crippen molar-refractivity contribution in [3.05, 3.63) is 65.7 Å². The quantitative estimate of drug-likeness (QED) is 0.740. The summed E-state index contributed by atoms with van der Waals surface area (Å²) in [4.78, 5) is 15.2. The lowest BCUT2D eigenvalue weighted by Gasteiger charge is -2.32. The van der Waals surface area contributed by atoms with Gasteiger partial charge in [0.05, 0.1) is 6.54 Å². The fraction of sp³-hybridized carbons (Fsp3) is 0.435. The summed E-state index contributed by atoms with van der Waals surface area (Å²) in [6.45, 7) is 1.88. The maximum atomic E-state index is 13.0. The van der Waals surface area contributed by atoms with Crippen molar-refractivity contribution in [2.75, 3.05) is 24.6 Å². The molecule has 4 rings (SSSR count). The SMILES string of the molecule is Cl.O=C(OCCN1CCc2ccccc21)C(O)(c1ccccc1)C1CCCC1. The number of rotatable bonds is 6. The van der Waals surface area contributed by atoms with E-state index < -0.39 is 11.6 Å². The average Bonchev–Trinajstić information content (AvgIpc) is 3.39. The molecule has 1 atom stereocenters. The van der Waals surface area contributed by atoms with E-state index in [9.17, 15) is 9.90 Å². The van der Waals surface area contributed by atoms with Gasteiger partial charge in [0.15, 0.2) is 5.60 Å². The fourth-order valence-corrected chi connectivity index (χ4v) is 4.55. The molecule has 1 aliphatic carbocycles. The first-order valence-electron chi connectivity index (χ1n) is 9.97. The maximum Gasteiger partial charge on any atom is 0.343 e. The average molecular weight is 402 g/mol. The van der Waals surface area contributed by atoms with E-state index in [4.69, 9.17) is 4.74 Å². The molecule has 0 bridgehead atoms. The number of fused-ring (bicyclic) bond motifs is 1. The number of para-hydroxylation sites is 1. The van der Waals surface area contributed by atoms with Gasteiger partial charge in [-0.2, -0.15) is 0 Å². The highest BCUT2D eigenvalue weighted by molar-refractivity contribution is 5.85. The van der Waals surface area contributed by atoms with Crippen LogP contribution in [0.3, 0.4) is 0 Å². The monoisotopic (exact) mass is 401 g/mol. The van der Waals surface area contributed by atoms with Crippen LogP contribution in [0, 0.1) is 5.92 Å². The summed E-state index contributed by atoms with van der Waals surface area (Å²) in [6.07, 6.45) is 4.86. The Morgan fingerprint density at radius 3 is 2.50 bits per heavy atom. The van der Waals surface area contributed by atoms with Crippen molar-refractivity contribution in [3.63, 3.8) is 0 Å². The van der Waals surface area contributed by atoms with Gasteiger partial charge in [0, 0.05) is 18.2 Å². The number of esters is 1. The van der Waals surface area contributed by atoms with Gasteiger partial charge in [-0.05, 0) is 36.5 Å². The van der Waals surface area contributed by atoms with Gasteiger partial charge in [-0.1, -0.05) is 61.4 Å². The molecule has 2 aromatic carbocycles. The molecule has 28 heavy (non-hydrogen) atoms. The molecule has 0 radical (unpaired) electrons. The molecule has 1 N–H and O–H groups in total. The zero-order valence-electron chi connectivity index (χ0n) is 16.0. The lowest BCUT2D eigenvalue weighted by Crippen LogP contribution is -2.44. The Bertz CT molecular complexity index is 791. The number of carbonyl (C=O) groups is 1. The van der Waals surface area contributed by atoms with Crippen LogP contribution in [0.15, 0.2) is 54.6 Å². The summed E-state index contributed by atoms with van der Waals surface area (Å²) in [7, 11) is 0. The maximum absolute atomic E-state index is 13.0. The molecule has 1 fully saturated rings. The molecule has 0 aromatic heterocycles. The van der Waals surface area contributed by atoms with Gasteiger partial charge in [0.1, 0.15) is 6.61 Å². The summed E-state index contributed by atoms with van der Waals surface area (Å²) >= 11 is 0. The first kappa shape index (κ1) is 20.7. The number of nitrogens with zero attached hydrogens (tertiary/aromatic N) is 1. The number of benzene rings is 2. The van der Waals surface area contributed by atoms with Crippen molar-refractivity contribution in [1.29, 1.82) is 0 Å². The van der Waals surface area contributed by atoms with Crippen LogP contribution < -0.4 is 4.90 Å². The number of halogens is 1. The van der Waals surface area contributed by atoms with E-state index >= 15 is 0 Å². The van der Waals surface area contributed by atoms with Crippen LogP contribution in [-0.2, 0) is 21.6 Å². The predicted octanol–water partition coefficient (Wildman–Crippen LogP) is 4.09. The zero-order chi connectivity index (χ0) is 18.7. The van der Waals surface area contributed by atoms with Crippen molar-refractivity contribution < 1.29 is 14.6 Å². The van der Waals surface area contributed by atoms with Crippen LogP contribution in [0.4, 0.5) is 5.69 Å². The summed E-state index contributed by atoms with van der Waals surface area (Å²) in [5, 5.41) is 11.4. The van der Waals surface area contributed by atoms with E-state index in [1.54, 1.807) is 0 Å². The predicted molar refractivity (Wildman–Crippen MR) is 113 cm³/mol. The second-order valence-electron chi connectivity index (χ2n) is 7.62. The molecule has 1 saturated carbocycles. The van der Waals surface area contributed by atoms with Crippen LogP contribution in [0.2, 0.25) is 0 Å². The molecule has 1 unspecified atom stereocenters. The van der Waals surface area contributed by atoms with Crippen LogP contribution >= 0.6 is 12.4 Å². The van der Waals surface area contributed by atoms with Crippen LogP contribution in [-0.4, -0.2) is 30.8 Å². The molecular formula is C23H28ClNO3. The highest BCUT2D eigenvalue weighted by Crippen LogP contribution is 2.41. The van der Waals surface area contributed by atoms with Crippen molar-refractivity contribution in [1.82, 2.24) is 0 Å². The van der Waals surface area contributed by atoms with Gasteiger partial charge < -0.3 is 14.7 Å². The van der Waals surface area contributed by atoms with Crippen molar-refractivity contribution >= 4 is 24.1 Å². The molecule has 2 aromatic rings. The highest BCUT2D eigenvalue weighted by Gasteiger charge is 2.47. The number of hydrogen-bond donors (Lipinski definition) is 1. The van der Waals surface area contributed by atoms with Crippen LogP contribution in [0.5, 0.6) is 0 Å². The Balaban J connectivity index is 0.00000225. The molecule has 5 heteroatoms. The molecule has 0 saturated heterocycles. The summed E-state index contributed by atoms with van der Waals surface area (Å²) in [5.74, 6) is -0.576. The normalized spacial score (nSPS) is 18.2. The van der Waals surface area contributed by atoms with Gasteiger partial charge in [0.25, 0.3) is 0 Å². The number of hydrogen-bond acceptors (Lipinski definition) is 4. The van der Waals surface area contributed by atoms with Gasteiger partial charge in [-0.25, -0.2) is 4.79 Å². The molecule has 0 spiro atoms. The van der Waals surface area contributed by atoms with E-state index in [2.05, 4.69) is 23.1 Å². The Hall–Kier alpha value is -2.04. The topological polar surface area (TPSA) is 49.8 Å². The minimum atomic E-state index is -1.54. The lowest BCUT2D eigenvalue weighted by atomic mass is 9.80. The van der Waals surface area contributed by atoms with E-state index in [0.29, 0.717) is 12.1 Å². The molecule has 2 aliphatic rings. The Kier molecular flexibility index (Phi) is 6.63. The second kappa shape index (κ2) is 8.97. The second-order valence-corrected chi connectivity index (χ2v) is 7.62. The number of ether oxygens (including phenoxy) is 1. The van der Waals surface area contributed by atoms with Crippen molar-refractivity contribution in [2.45, 2.75) is 37.7 Å². The Morgan fingerprint density at radius 2 is 1.75 bits per heavy atom. The summed E-state index contributed by atoms with van der Waals surface area (Å²) in [5.41, 5.74) is 1.67. The standard InChI is InChI=1S/C23H27NO3.ClH/c25-22(27-17-16-24-15-14-18-8-4-7-13-21(18)24)23(26,20-11-5-6-12-20)19-9-2-1-3-10-19;/h1-4,7-10,13,20,26H,5-6,11-12,14-17H2;1H. The first-order chi connectivity index (χ1) is 13.2. The molecule has 1 aliphatic heterocycles. The number of aliphatic hydroxyl groups is 1. The fourth-order valence-electron chi connectivity index (χ4n) is 4.55. The smallest absolute Gasteiger partial charge is 0.343 e. The molecule has 4 nitrogen and oxygen atoms in total. The first-order valence-corrected chi connectivity index (χ1v) is 9.97. The molecular weight excluding hydrogens is 374 g/mol. The van der Waals surface area contributed by atoms with E-state index in [1.165, 1.54) is 11.3 Å². The van der Waals surface area contributed by atoms with Crippen LogP contribution in [0.1, 0.15) is 36.8 Å². The highest BCUT2D eigenvalue weighted by atomic mass is 35.5. The third-order valence-electron chi connectivity index (χ3n) is 6.05. The van der Waals surface area contributed by atoms with Crippen molar-refractivity contribution in [3.8, 4) is 0 Å². The molecule has 1 heterocycles. The van der Waals surface area contributed by atoms with E-state index in [1.807, 2.05) is 36.4 Å². The molecule has 150 valence electrons. The Labute approximate surface area is 172 Å². The summed E-state index contributed by atoms with van der Waals surface area (Å²) in [6, 6.07) is 17.6. The van der Waals surface area contributed by atoms with Gasteiger partial charge in [-0.15, -0.1) is 12.4 Å². The number of carbonyl (C=O) groups excluding carboxylic acids is 1. The van der Waals surface area contributed by atoms with Crippen LogP contribution in [0.25, 0.3) is 0 Å². The summed E-state index contributed by atoms with van der Waals surface area (Å²) < 4.78 is 5.62.